The van der Waals surface area contributed by atoms with Crippen LogP contribution >= 0.6 is 10.8 Å². The molecule has 0 saturated carbocycles. The number of hydrogen-bond donors (Lipinski definition) is 0. The Morgan fingerprint density at radius 3 is 1.27 bits per heavy atom. The van der Waals surface area contributed by atoms with Gasteiger partial charge in [0.25, 0.3) is 0 Å². The van der Waals surface area contributed by atoms with Crippen LogP contribution in [-0.2, 0) is 0 Å². The average Bonchev–Trinajstić information content (AvgIpc) is 2.31. The summed E-state index contributed by atoms with van der Waals surface area (Å²) in [5.41, 5.74) is 0. The van der Waals surface area contributed by atoms with Crippen LogP contribution < -0.4 is 0 Å². The molecule has 2 aromatic rings. The van der Waals surface area contributed by atoms with Gasteiger partial charge in [0.15, 0.2) is 0 Å². The molecule has 0 bridgehead atoms. The van der Waals surface area contributed by atoms with Crippen molar-refractivity contribution < 1.29 is 7.77 Å². The zero-order valence-electron chi connectivity index (χ0n) is 7.94. The first-order valence-corrected chi connectivity index (χ1v) is 5.97. The Hall–Kier alpha value is -1.35. The van der Waals surface area contributed by atoms with E-state index in [1.807, 2.05) is 0 Å². The van der Waals surface area contributed by atoms with Gasteiger partial charge in [-0.1, -0.05) is 36.4 Å². The van der Waals surface area contributed by atoms with E-state index in [4.69, 9.17) is 0 Å². The van der Waals surface area contributed by atoms with Crippen molar-refractivity contribution in [2.24, 2.45) is 0 Å². The van der Waals surface area contributed by atoms with E-state index < -0.39 is 10.8 Å². The summed E-state index contributed by atoms with van der Waals surface area (Å²) in [6.45, 7) is 0. The summed E-state index contributed by atoms with van der Waals surface area (Å²) >= 11 is 0. The molecular weight excluding hydrogens is 214 g/mol. The molecule has 2 aromatic carbocycles. The predicted octanol–water partition coefficient (Wildman–Crippen LogP) is 4.68. The maximum atomic E-state index is 14.0. The molecule has 0 saturated heterocycles. The summed E-state index contributed by atoms with van der Waals surface area (Å²) in [5.74, 6) is 0. The van der Waals surface area contributed by atoms with Gasteiger partial charge in [-0.2, -0.15) is 0 Å². The fraction of sp³-hybridized carbons (Fsp3) is 0. The standard InChI is InChI=1S/C12H10F2S/c13-15(14,11-7-3-1-4-8-11)12-9-5-2-6-10-12/h1-10H. The highest BCUT2D eigenvalue weighted by Gasteiger charge is 2.27. The molecule has 2 rings (SSSR count). The molecule has 78 valence electrons. The summed E-state index contributed by atoms with van der Waals surface area (Å²) in [6, 6.07) is 15.9. The van der Waals surface area contributed by atoms with Crippen LogP contribution in [0.4, 0.5) is 7.77 Å². The first-order chi connectivity index (χ1) is 7.21. The van der Waals surface area contributed by atoms with Crippen molar-refractivity contribution in [3.8, 4) is 0 Å². The van der Waals surface area contributed by atoms with E-state index in [-0.39, 0.29) is 9.79 Å². The Bertz CT molecular complexity index is 384. The third-order valence-electron chi connectivity index (χ3n) is 2.08. The smallest absolute Gasteiger partial charge is 0.113 e. The van der Waals surface area contributed by atoms with Crippen molar-refractivity contribution in [2.75, 3.05) is 0 Å². The Morgan fingerprint density at radius 1 is 0.600 bits per heavy atom. The lowest BCUT2D eigenvalue weighted by atomic mass is 10.4. The van der Waals surface area contributed by atoms with Gasteiger partial charge in [-0.3, -0.25) is 0 Å². The third-order valence-corrected chi connectivity index (χ3v) is 3.81. The molecule has 0 amide bonds. The molecule has 0 aromatic heterocycles. The fourth-order valence-corrected chi connectivity index (χ4v) is 2.59. The van der Waals surface area contributed by atoms with E-state index in [9.17, 15) is 7.77 Å². The van der Waals surface area contributed by atoms with E-state index in [1.165, 1.54) is 24.3 Å². The molecule has 0 N–H and O–H groups in total. The molecule has 0 aliphatic rings. The van der Waals surface area contributed by atoms with Gasteiger partial charge in [0.05, 0.1) is 9.79 Å². The second kappa shape index (κ2) is 4.03. The fourth-order valence-electron chi connectivity index (χ4n) is 1.32. The van der Waals surface area contributed by atoms with Crippen LogP contribution in [0.15, 0.2) is 70.5 Å². The van der Waals surface area contributed by atoms with E-state index in [0.717, 1.165) is 0 Å². The lowest BCUT2D eigenvalue weighted by Crippen LogP contribution is -1.88. The van der Waals surface area contributed by atoms with Gasteiger partial charge in [-0.15, -0.1) is 7.77 Å². The minimum absolute atomic E-state index is 0.108. The van der Waals surface area contributed by atoms with E-state index in [0.29, 0.717) is 0 Å². The van der Waals surface area contributed by atoms with Crippen molar-refractivity contribution >= 4 is 10.8 Å². The maximum Gasteiger partial charge on any atom is 0.113 e. The summed E-state index contributed by atoms with van der Waals surface area (Å²) in [7, 11) is -3.84. The minimum atomic E-state index is -3.84. The van der Waals surface area contributed by atoms with Gasteiger partial charge < -0.3 is 0 Å². The largest absolute Gasteiger partial charge is 0.148 e. The van der Waals surface area contributed by atoms with E-state index in [2.05, 4.69) is 0 Å². The molecule has 0 spiro atoms. The molecule has 0 unspecified atom stereocenters. The maximum absolute atomic E-state index is 14.0. The number of rotatable bonds is 2. The van der Waals surface area contributed by atoms with Crippen LogP contribution in [0.3, 0.4) is 0 Å². The lowest BCUT2D eigenvalue weighted by molar-refractivity contribution is 0.738. The Labute approximate surface area is 89.5 Å². The molecule has 15 heavy (non-hydrogen) atoms. The van der Waals surface area contributed by atoms with Gasteiger partial charge in [-0.25, -0.2) is 0 Å². The molecule has 3 heteroatoms. The monoisotopic (exact) mass is 224 g/mol. The predicted molar refractivity (Wildman–Crippen MR) is 59.2 cm³/mol. The highest BCUT2D eigenvalue weighted by atomic mass is 32.3. The topological polar surface area (TPSA) is 0 Å². The quantitative estimate of drug-likeness (QED) is 0.694. The Kier molecular flexibility index (Phi) is 2.73. The van der Waals surface area contributed by atoms with E-state index in [1.54, 1.807) is 36.4 Å². The Morgan fingerprint density at radius 2 is 0.933 bits per heavy atom. The highest BCUT2D eigenvalue weighted by Crippen LogP contribution is 2.65. The average molecular weight is 224 g/mol. The SMILES string of the molecule is FS(F)(c1ccccc1)c1ccccc1. The number of benzene rings is 2. The van der Waals surface area contributed by atoms with Crippen LogP contribution in [0.25, 0.3) is 0 Å². The molecule has 0 aliphatic carbocycles. The van der Waals surface area contributed by atoms with Crippen molar-refractivity contribution in [3.05, 3.63) is 60.7 Å². The highest BCUT2D eigenvalue weighted by molar-refractivity contribution is 8.25. The van der Waals surface area contributed by atoms with Crippen molar-refractivity contribution in [1.82, 2.24) is 0 Å². The first kappa shape index (κ1) is 10.2. The molecule has 0 aliphatic heterocycles. The third kappa shape index (κ3) is 2.02. The number of halogens is 2. The Balaban J connectivity index is 2.44. The van der Waals surface area contributed by atoms with Gasteiger partial charge in [0, 0.05) is 0 Å². The summed E-state index contributed by atoms with van der Waals surface area (Å²) in [6.07, 6.45) is 0. The molecular formula is C12H10F2S. The van der Waals surface area contributed by atoms with Crippen molar-refractivity contribution in [1.29, 1.82) is 0 Å². The first-order valence-electron chi connectivity index (χ1n) is 4.54. The minimum Gasteiger partial charge on any atom is -0.148 e. The van der Waals surface area contributed by atoms with Gasteiger partial charge in [0.2, 0.25) is 0 Å². The van der Waals surface area contributed by atoms with Gasteiger partial charge >= 0.3 is 0 Å². The van der Waals surface area contributed by atoms with Crippen LogP contribution in [0.5, 0.6) is 0 Å². The normalized spacial score (nSPS) is 12.4. The summed E-state index contributed by atoms with van der Waals surface area (Å²) < 4.78 is 27.9. The zero-order valence-corrected chi connectivity index (χ0v) is 8.75. The van der Waals surface area contributed by atoms with Gasteiger partial charge in [0.1, 0.15) is 10.8 Å². The molecule has 0 fully saturated rings. The zero-order chi connectivity index (χ0) is 10.7. The van der Waals surface area contributed by atoms with Crippen LogP contribution in [-0.4, -0.2) is 0 Å². The second-order valence-corrected chi connectivity index (χ2v) is 4.98. The van der Waals surface area contributed by atoms with Crippen LogP contribution in [0, 0.1) is 0 Å². The van der Waals surface area contributed by atoms with Gasteiger partial charge in [-0.05, 0) is 24.3 Å². The summed E-state index contributed by atoms with van der Waals surface area (Å²) in [4.78, 5) is 0.215. The molecule has 0 nitrogen and oxygen atoms in total. The van der Waals surface area contributed by atoms with Crippen LogP contribution in [0.2, 0.25) is 0 Å². The molecule has 0 radical (unpaired) electrons. The van der Waals surface area contributed by atoms with Crippen molar-refractivity contribution in [2.45, 2.75) is 9.79 Å². The second-order valence-electron chi connectivity index (χ2n) is 3.10. The lowest BCUT2D eigenvalue weighted by Gasteiger charge is -2.20. The number of hydrogen-bond acceptors (Lipinski definition) is 0. The van der Waals surface area contributed by atoms with Crippen molar-refractivity contribution in [3.63, 3.8) is 0 Å². The molecule has 0 heterocycles. The summed E-state index contributed by atoms with van der Waals surface area (Å²) in [5, 5.41) is 0. The van der Waals surface area contributed by atoms with E-state index >= 15 is 0 Å². The van der Waals surface area contributed by atoms with Crippen LogP contribution in [0.1, 0.15) is 0 Å². The molecule has 0 atom stereocenters.